The molecule has 2 radical (unpaired) electrons. The molecule has 16 heavy (non-hydrogen) atoms. The van der Waals surface area contributed by atoms with Gasteiger partial charge in [0.2, 0.25) is 19.8 Å². The van der Waals surface area contributed by atoms with E-state index in [0.717, 1.165) is 10.4 Å². The zero-order valence-electron chi connectivity index (χ0n) is 9.65. The van der Waals surface area contributed by atoms with Gasteiger partial charge in [0.05, 0.1) is 0 Å². The Hall–Kier alpha value is -1.52. The van der Waals surface area contributed by atoms with Gasteiger partial charge in [-0.2, -0.15) is 0 Å². The van der Waals surface area contributed by atoms with Crippen LogP contribution in [0.2, 0.25) is 0 Å². The van der Waals surface area contributed by atoms with Gasteiger partial charge in [0.25, 0.3) is 0 Å². The van der Waals surface area contributed by atoms with Crippen LogP contribution in [0.25, 0.3) is 0 Å². The monoisotopic (exact) mass is 216 g/mol. The average molecular weight is 216 g/mol. The molecule has 0 aromatic carbocycles. The van der Waals surface area contributed by atoms with Crippen LogP contribution < -0.4 is 4.74 Å². The van der Waals surface area contributed by atoms with E-state index >= 15 is 0 Å². The van der Waals surface area contributed by atoms with Crippen LogP contribution in [0.4, 0.5) is 0 Å². The topological polar surface area (TPSA) is 42.4 Å². The molecule has 0 unspecified atom stereocenters. The van der Waals surface area contributed by atoms with Crippen molar-refractivity contribution in [3.05, 3.63) is 23.4 Å². The van der Waals surface area contributed by atoms with Crippen molar-refractivity contribution in [1.29, 1.82) is 0 Å². The fourth-order valence-electron chi connectivity index (χ4n) is 1.47. The van der Waals surface area contributed by atoms with E-state index in [1.807, 2.05) is 0 Å². The summed E-state index contributed by atoms with van der Waals surface area (Å²) in [6, 6.07) is 1.80. The molecule has 2 rings (SSSR count). The number of nitrogens with zero attached hydrogens (tertiary/aromatic N) is 2. The highest BCUT2D eigenvalue weighted by molar-refractivity contribution is 6.19. The first kappa shape index (κ1) is 11.0. The molecule has 1 aliphatic heterocycles. The molecule has 1 aromatic heterocycles. The van der Waals surface area contributed by atoms with Crippen molar-refractivity contribution in [3.8, 4) is 5.88 Å². The fraction of sp³-hybridized carbons (Fsp3) is 0.455. The predicted molar refractivity (Wildman–Crippen MR) is 60.4 cm³/mol. The predicted octanol–water partition coefficient (Wildman–Crippen LogP) is 1.25. The Kier molecular flexibility index (Phi) is 2.41. The molecule has 2 heterocycles. The maximum Gasteiger partial charge on any atom is 0.248 e. The lowest BCUT2D eigenvalue weighted by Crippen LogP contribution is -2.37. The van der Waals surface area contributed by atoms with Crippen LogP contribution in [0, 0.1) is 0 Å². The van der Waals surface area contributed by atoms with Crippen molar-refractivity contribution in [1.82, 2.24) is 9.79 Å². The minimum atomic E-state index is -0.250. The summed E-state index contributed by atoms with van der Waals surface area (Å²) in [5.41, 5.74) is 1.36. The molecular formula is C11H13BN2O2. The van der Waals surface area contributed by atoms with E-state index in [1.165, 1.54) is 0 Å². The summed E-state index contributed by atoms with van der Waals surface area (Å²) in [5, 5.41) is 0. The summed E-state index contributed by atoms with van der Waals surface area (Å²) in [5.74, 6) is 0.111. The Labute approximate surface area is 96.0 Å². The molecular weight excluding hydrogens is 203 g/mol. The normalized spacial score (nSPS) is 15.7. The second-order valence-corrected chi connectivity index (χ2v) is 4.88. The van der Waals surface area contributed by atoms with Crippen LogP contribution in [-0.2, 0) is 5.41 Å². The lowest BCUT2D eigenvalue weighted by Gasteiger charge is -2.27. The van der Waals surface area contributed by atoms with Crippen molar-refractivity contribution in [2.75, 3.05) is 6.73 Å². The van der Waals surface area contributed by atoms with Gasteiger partial charge in [0.15, 0.2) is 6.73 Å². The molecule has 0 spiro atoms. The first-order valence-electron chi connectivity index (χ1n) is 5.09. The van der Waals surface area contributed by atoms with Crippen LogP contribution in [0.15, 0.2) is 12.3 Å². The zero-order valence-corrected chi connectivity index (χ0v) is 9.65. The first-order valence-corrected chi connectivity index (χ1v) is 5.09. The summed E-state index contributed by atoms with van der Waals surface area (Å²) < 4.78 is 5.24. The summed E-state index contributed by atoms with van der Waals surface area (Å²) in [6.07, 6.45) is 1.73. The van der Waals surface area contributed by atoms with E-state index in [0.29, 0.717) is 11.4 Å². The maximum absolute atomic E-state index is 11.8. The van der Waals surface area contributed by atoms with Crippen LogP contribution in [0.1, 0.15) is 36.7 Å². The Morgan fingerprint density at radius 3 is 2.81 bits per heavy atom. The highest BCUT2D eigenvalue weighted by Crippen LogP contribution is 2.28. The quantitative estimate of drug-likeness (QED) is 0.613. The second kappa shape index (κ2) is 3.51. The van der Waals surface area contributed by atoms with Crippen molar-refractivity contribution < 1.29 is 9.53 Å². The lowest BCUT2D eigenvalue weighted by molar-refractivity contribution is 0.0712. The molecule has 0 saturated heterocycles. The Morgan fingerprint density at radius 1 is 1.50 bits per heavy atom. The van der Waals surface area contributed by atoms with Crippen LogP contribution >= 0.6 is 0 Å². The van der Waals surface area contributed by atoms with Crippen molar-refractivity contribution in [2.24, 2.45) is 0 Å². The number of carbonyl (C=O) groups excluding carboxylic acids is 1. The number of carbonyl (C=O) groups is 1. The summed E-state index contributed by atoms with van der Waals surface area (Å²) in [7, 11) is 5.48. The SMILES string of the molecule is [B]N1COc2ncc(C(C)(C)C)cc2C1=O. The lowest BCUT2D eigenvalue weighted by atomic mass is 9.87. The highest BCUT2D eigenvalue weighted by atomic mass is 16.5. The fourth-order valence-corrected chi connectivity index (χ4v) is 1.47. The summed E-state index contributed by atoms with van der Waals surface area (Å²) in [4.78, 5) is 17.0. The van der Waals surface area contributed by atoms with Gasteiger partial charge in [0.1, 0.15) is 5.56 Å². The number of rotatable bonds is 0. The number of hydrogen-bond acceptors (Lipinski definition) is 3. The molecule has 82 valence electrons. The molecule has 0 saturated carbocycles. The molecule has 1 amide bonds. The van der Waals surface area contributed by atoms with Gasteiger partial charge in [-0.1, -0.05) is 20.8 Å². The number of ether oxygens (including phenoxy) is 1. The van der Waals surface area contributed by atoms with Gasteiger partial charge in [-0.15, -0.1) is 0 Å². The third kappa shape index (κ3) is 1.77. The van der Waals surface area contributed by atoms with Crippen molar-refractivity contribution >= 4 is 13.9 Å². The van der Waals surface area contributed by atoms with Crippen LogP contribution in [0.3, 0.4) is 0 Å². The van der Waals surface area contributed by atoms with Crippen LogP contribution in [0.5, 0.6) is 5.88 Å². The Balaban J connectivity index is 2.49. The van der Waals surface area contributed by atoms with E-state index < -0.39 is 0 Å². The smallest absolute Gasteiger partial charge is 0.248 e. The minimum Gasteiger partial charge on any atom is -0.457 e. The Morgan fingerprint density at radius 2 is 2.19 bits per heavy atom. The maximum atomic E-state index is 11.8. The van der Waals surface area contributed by atoms with E-state index in [-0.39, 0.29) is 18.1 Å². The minimum absolute atomic E-state index is 0.0493. The standard InChI is InChI=1S/C11H13BN2O2/c1-11(2,3)7-4-8-9(13-5-7)16-6-14(12)10(8)15/h4-5H,6H2,1-3H3. The summed E-state index contributed by atoms with van der Waals surface area (Å²) >= 11 is 0. The van der Waals surface area contributed by atoms with Gasteiger partial charge in [0, 0.05) is 6.20 Å². The second-order valence-electron chi connectivity index (χ2n) is 4.88. The number of pyridine rings is 1. The largest absolute Gasteiger partial charge is 0.457 e. The molecule has 4 nitrogen and oxygen atoms in total. The molecule has 0 N–H and O–H groups in total. The van der Waals surface area contributed by atoms with Gasteiger partial charge in [-0.25, -0.2) is 4.98 Å². The highest BCUT2D eigenvalue weighted by Gasteiger charge is 2.26. The summed E-state index contributed by atoms with van der Waals surface area (Å²) in [6.45, 7) is 6.23. The molecule has 1 aliphatic rings. The number of hydrogen-bond donors (Lipinski definition) is 0. The van der Waals surface area contributed by atoms with Gasteiger partial charge < -0.3 is 9.55 Å². The number of aromatic nitrogens is 1. The third-order valence-corrected chi connectivity index (χ3v) is 2.55. The molecule has 0 atom stereocenters. The molecule has 0 bridgehead atoms. The van der Waals surface area contributed by atoms with Gasteiger partial charge in [-0.3, -0.25) is 4.79 Å². The van der Waals surface area contributed by atoms with E-state index in [4.69, 9.17) is 12.7 Å². The van der Waals surface area contributed by atoms with Crippen molar-refractivity contribution in [2.45, 2.75) is 26.2 Å². The van der Waals surface area contributed by atoms with Crippen LogP contribution in [-0.4, -0.2) is 30.4 Å². The number of fused-ring (bicyclic) bond motifs is 1. The Bertz CT molecular complexity index is 440. The first-order chi connectivity index (χ1) is 7.39. The van der Waals surface area contributed by atoms with Gasteiger partial charge in [-0.05, 0) is 17.0 Å². The average Bonchev–Trinajstić information content (AvgIpc) is 2.22. The molecule has 0 fully saturated rings. The third-order valence-electron chi connectivity index (χ3n) is 2.55. The molecule has 1 aromatic rings. The van der Waals surface area contributed by atoms with Gasteiger partial charge >= 0.3 is 0 Å². The van der Waals surface area contributed by atoms with E-state index in [9.17, 15) is 4.79 Å². The van der Waals surface area contributed by atoms with E-state index in [2.05, 4.69) is 25.8 Å². The van der Waals surface area contributed by atoms with E-state index in [1.54, 1.807) is 12.3 Å². The molecule has 5 heteroatoms. The van der Waals surface area contributed by atoms with Crippen molar-refractivity contribution in [3.63, 3.8) is 0 Å². The zero-order chi connectivity index (χ0) is 11.9. The molecule has 0 aliphatic carbocycles. The number of amides is 1.